The predicted octanol–water partition coefficient (Wildman–Crippen LogP) is 3.84. The maximum absolute atomic E-state index is 5.38. The Morgan fingerprint density at radius 2 is 1.91 bits per heavy atom. The average Bonchev–Trinajstić information content (AvgIpc) is 3.05. The molecular weight excluding hydrogens is 272 g/mol. The lowest BCUT2D eigenvalue weighted by Crippen LogP contribution is -2.42. The van der Waals surface area contributed by atoms with Crippen molar-refractivity contribution in [2.75, 3.05) is 19.1 Å². The Morgan fingerprint density at radius 3 is 2.68 bits per heavy atom. The maximum atomic E-state index is 5.38. The zero-order valence-corrected chi connectivity index (χ0v) is 13.2. The third kappa shape index (κ3) is 1.99. The van der Waals surface area contributed by atoms with Crippen molar-refractivity contribution in [3.8, 4) is 5.88 Å². The van der Waals surface area contributed by atoms with Gasteiger partial charge in [0.1, 0.15) is 0 Å². The fraction of sp³-hybridized carbons (Fsp3) is 0.421. The molecule has 0 spiro atoms. The van der Waals surface area contributed by atoms with Crippen molar-refractivity contribution in [1.82, 2.24) is 4.98 Å². The molecule has 0 unspecified atom stereocenters. The first kappa shape index (κ1) is 13.6. The van der Waals surface area contributed by atoms with E-state index in [-0.39, 0.29) is 0 Å². The van der Waals surface area contributed by atoms with Crippen LogP contribution in [-0.4, -0.2) is 25.2 Å². The molecule has 114 valence electrons. The molecule has 0 amide bonds. The van der Waals surface area contributed by atoms with Gasteiger partial charge in [0.15, 0.2) is 0 Å². The summed E-state index contributed by atoms with van der Waals surface area (Å²) in [4.78, 5) is 7.28. The Labute approximate surface area is 131 Å². The quantitative estimate of drug-likeness (QED) is 0.841. The van der Waals surface area contributed by atoms with Gasteiger partial charge in [-0.05, 0) is 30.4 Å². The summed E-state index contributed by atoms with van der Waals surface area (Å²) in [7, 11) is 3.91. The average molecular weight is 294 g/mol. The van der Waals surface area contributed by atoms with E-state index in [1.54, 1.807) is 7.11 Å². The van der Waals surface area contributed by atoms with Crippen LogP contribution < -0.4 is 9.64 Å². The number of nitrogens with zero attached hydrogens (tertiary/aromatic N) is 2. The molecule has 1 aliphatic carbocycles. The monoisotopic (exact) mass is 294 g/mol. The van der Waals surface area contributed by atoms with E-state index < -0.39 is 0 Å². The number of rotatable bonds is 2. The highest BCUT2D eigenvalue weighted by molar-refractivity contribution is 5.59. The smallest absolute Gasteiger partial charge is 0.213 e. The van der Waals surface area contributed by atoms with Crippen LogP contribution in [0.5, 0.6) is 5.88 Å². The molecule has 3 heteroatoms. The van der Waals surface area contributed by atoms with Gasteiger partial charge in [-0.15, -0.1) is 0 Å². The van der Waals surface area contributed by atoms with E-state index in [4.69, 9.17) is 9.72 Å². The molecule has 0 saturated heterocycles. The van der Waals surface area contributed by atoms with Gasteiger partial charge in [0.2, 0.25) is 5.88 Å². The van der Waals surface area contributed by atoms with Crippen molar-refractivity contribution in [2.24, 2.45) is 5.92 Å². The van der Waals surface area contributed by atoms with Gasteiger partial charge in [0, 0.05) is 25.1 Å². The third-order valence-corrected chi connectivity index (χ3v) is 5.38. The Kier molecular flexibility index (Phi) is 3.29. The fourth-order valence-corrected chi connectivity index (χ4v) is 4.38. The van der Waals surface area contributed by atoms with Crippen LogP contribution in [0.15, 0.2) is 42.5 Å². The largest absolute Gasteiger partial charge is 0.481 e. The minimum atomic E-state index is 0.384. The number of methoxy groups -OCH3 is 1. The summed E-state index contributed by atoms with van der Waals surface area (Å²) in [6, 6.07) is 15.6. The molecule has 2 aliphatic rings. The first-order valence-electron chi connectivity index (χ1n) is 8.12. The normalized spacial score (nSPS) is 26.5. The van der Waals surface area contributed by atoms with Crippen LogP contribution in [0, 0.1) is 5.92 Å². The summed E-state index contributed by atoms with van der Waals surface area (Å²) in [5.74, 6) is 1.75. The molecule has 0 bridgehead atoms. The van der Waals surface area contributed by atoms with Crippen LogP contribution in [0.4, 0.5) is 5.69 Å². The zero-order chi connectivity index (χ0) is 15.1. The Balaban J connectivity index is 1.90. The molecule has 1 fully saturated rings. The topological polar surface area (TPSA) is 25.4 Å². The van der Waals surface area contributed by atoms with Gasteiger partial charge in [0.25, 0.3) is 0 Å². The van der Waals surface area contributed by atoms with E-state index >= 15 is 0 Å². The predicted molar refractivity (Wildman–Crippen MR) is 88.6 cm³/mol. The second-order valence-electron chi connectivity index (χ2n) is 6.42. The minimum Gasteiger partial charge on any atom is -0.481 e. The fourth-order valence-electron chi connectivity index (χ4n) is 4.38. The van der Waals surface area contributed by atoms with E-state index in [9.17, 15) is 0 Å². The molecule has 1 aromatic carbocycles. The molecule has 3 atom stereocenters. The number of fused-ring (bicyclic) bond motifs is 2. The van der Waals surface area contributed by atoms with E-state index in [0.717, 1.165) is 0 Å². The van der Waals surface area contributed by atoms with Gasteiger partial charge in [0.05, 0.1) is 18.5 Å². The summed E-state index contributed by atoms with van der Waals surface area (Å²) in [6.45, 7) is 0. The number of pyridine rings is 1. The highest BCUT2D eigenvalue weighted by atomic mass is 16.5. The van der Waals surface area contributed by atoms with Crippen molar-refractivity contribution >= 4 is 5.69 Å². The second kappa shape index (κ2) is 5.31. The molecule has 0 N–H and O–H groups in total. The molecule has 0 radical (unpaired) electrons. The van der Waals surface area contributed by atoms with Crippen molar-refractivity contribution in [1.29, 1.82) is 0 Å². The summed E-state index contributed by atoms with van der Waals surface area (Å²) < 4.78 is 5.38. The Morgan fingerprint density at radius 1 is 1.09 bits per heavy atom. The number of hydrogen-bond donors (Lipinski definition) is 0. The first-order valence-corrected chi connectivity index (χ1v) is 8.12. The highest BCUT2D eigenvalue weighted by Crippen LogP contribution is 2.50. The van der Waals surface area contributed by atoms with Crippen molar-refractivity contribution in [3.05, 3.63) is 53.7 Å². The standard InChI is InChI=1S/C19H22N2O/c1-21-15-10-6-9-14(15)18(13-7-4-3-5-8-13)19-16(21)11-12-17(20-19)22-2/h3-5,7-8,11-12,14-15,18H,6,9-10H2,1-2H3/t14-,15+,18-/m0/s1. The van der Waals surface area contributed by atoms with Gasteiger partial charge in [-0.3, -0.25) is 0 Å². The Hall–Kier alpha value is -2.03. The lowest BCUT2D eigenvalue weighted by Gasteiger charge is -2.42. The van der Waals surface area contributed by atoms with Crippen molar-refractivity contribution in [3.63, 3.8) is 0 Å². The molecule has 1 aliphatic heterocycles. The van der Waals surface area contributed by atoms with Crippen molar-refractivity contribution < 1.29 is 4.74 Å². The minimum absolute atomic E-state index is 0.384. The number of hydrogen-bond acceptors (Lipinski definition) is 3. The van der Waals surface area contributed by atoms with Crippen LogP contribution in [0.2, 0.25) is 0 Å². The maximum Gasteiger partial charge on any atom is 0.213 e. The van der Waals surface area contributed by atoms with Crippen LogP contribution in [0.3, 0.4) is 0 Å². The van der Waals surface area contributed by atoms with Gasteiger partial charge >= 0.3 is 0 Å². The number of aromatic nitrogens is 1. The summed E-state index contributed by atoms with van der Waals surface area (Å²) in [6.07, 6.45) is 3.89. The Bertz CT molecular complexity index is 670. The molecule has 1 aromatic heterocycles. The number of ether oxygens (including phenoxy) is 1. The number of benzene rings is 1. The first-order chi connectivity index (χ1) is 10.8. The van der Waals surface area contributed by atoms with E-state index in [0.29, 0.717) is 23.8 Å². The van der Waals surface area contributed by atoms with E-state index in [1.807, 2.05) is 6.07 Å². The second-order valence-corrected chi connectivity index (χ2v) is 6.42. The van der Waals surface area contributed by atoms with Gasteiger partial charge in [-0.25, -0.2) is 4.98 Å². The van der Waals surface area contributed by atoms with Gasteiger partial charge in [-0.2, -0.15) is 0 Å². The van der Waals surface area contributed by atoms with Crippen LogP contribution in [0.25, 0.3) is 0 Å². The summed E-state index contributed by atoms with van der Waals surface area (Å²) >= 11 is 0. The lowest BCUT2D eigenvalue weighted by atomic mass is 9.76. The molecule has 3 nitrogen and oxygen atoms in total. The molecule has 4 rings (SSSR count). The molecule has 1 saturated carbocycles. The van der Waals surface area contributed by atoms with Crippen LogP contribution in [-0.2, 0) is 0 Å². The molecule has 2 heterocycles. The number of anilines is 1. The summed E-state index contributed by atoms with van der Waals surface area (Å²) in [5, 5.41) is 0. The molecule has 2 aromatic rings. The highest BCUT2D eigenvalue weighted by Gasteiger charge is 2.43. The van der Waals surface area contributed by atoms with Crippen molar-refractivity contribution in [2.45, 2.75) is 31.2 Å². The van der Waals surface area contributed by atoms with Crippen LogP contribution in [0.1, 0.15) is 36.4 Å². The van der Waals surface area contributed by atoms with Crippen LogP contribution >= 0.6 is 0 Å². The molecular formula is C19H22N2O. The summed E-state index contributed by atoms with van der Waals surface area (Å²) in [5.41, 5.74) is 3.82. The SMILES string of the molecule is COc1ccc2c(n1)[C@@H](c1ccccc1)[C@H]1CCC[C@H]1N2C. The third-order valence-electron chi connectivity index (χ3n) is 5.38. The van der Waals surface area contributed by atoms with Gasteiger partial charge < -0.3 is 9.64 Å². The van der Waals surface area contributed by atoms with Gasteiger partial charge in [-0.1, -0.05) is 36.8 Å². The zero-order valence-electron chi connectivity index (χ0n) is 13.2. The van der Waals surface area contributed by atoms with E-state index in [1.165, 1.54) is 36.2 Å². The van der Waals surface area contributed by atoms with E-state index in [2.05, 4.69) is 48.3 Å². The molecule has 22 heavy (non-hydrogen) atoms. The lowest BCUT2D eigenvalue weighted by molar-refractivity contribution is 0.371.